The summed E-state index contributed by atoms with van der Waals surface area (Å²) in [6.07, 6.45) is 3.55. The van der Waals surface area contributed by atoms with Crippen LogP contribution >= 0.6 is 12.2 Å². The van der Waals surface area contributed by atoms with E-state index in [2.05, 4.69) is 17.0 Å². The van der Waals surface area contributed by atoms with Gasteiger partial charge in [0.25, 0.3) is 0 Å². The molecule has 0 spiro atoms. The molecule has 1 aliphatic heterocycles. The highest BCUT2D eigenvalue weighted by atomic mass is 32.2. The van der Waals surface area contributed by atoms with Crippen LogP contribution in [0.4, 0.5) is 0 Å². The first kappa shape index (κ1) is 13.6. The van der Waals surface area contributed by atoms with Crippen LogP contribution in [-0.2, 0) is 23.3 Å². The van der Waals surface area contributed by atoms with Crippen molar-refractivity contribution < 1.29 is 8.42 Å². The highest BCUT2D eigenvalue weighted by molar-refractivity contribution is 7.94. The molecule has 0 aromatic carbocycles. The van der Waals surface area contributed by atoms with E-state index >= 15 is 0 Å². The number of H-pyrrole nitrogens is 1. The lowest BCUT2D eigenvalue weighted by Crippen LogP contribution is -2.13. The lowest BCUT2D eigenvalue weighted by Gasteiger charge is -2.10. The van der Waals surface area contributed by atoms with E-state index in [4.69, 9.17) is 12.2 Å². The van der Waals surface area contributed by atoms with Crippen LogP contribution in [0.1, 0.15) is 25.1 Å². The summed E-state index contributed by atoms with van der Waals surface area (Å²) >= 11 is 5.36. The van der Waals surface area contributed by atoms with Gasteiger partial charge in [-0.15, -0.1) is 0 Å². The molecule has 3 heterocycles. The van der Waals surface area contributed by atoms with Gasteiger partial charge < -0.3 is 4.98 Å². The Morgan fingerprint density at radius 2 is 2.30 bits per heavy atom. The van der Waals surface area contributed by atoms with Gasteiger partial charge in [-0.2, -0.15) is 5.10 Å². The molecule has 8 heteroatoms. The number of rotatable bonds is 3. The fourth-order valence-corrected chi connectivity index (χ4v) is 4.27. The van der Waals surface area contributed by atoms with Crippen LogP contribution < -0.4 is 0 Å². The first-order valence-corrected chi connectivity index (χ1v) is 8.62. The van der Waals surface area contributed by atoms with Crippen molar-refractivity contribution in [1.29, 1.82) is 0 Å². The average molecular weight is 312 g/mol. The van der Waals surface area contributed by atoms with Gasteiger partial charge in [-0.05, 0) is 24.7 Å². The number of nitrogens with zero attached hydrogens (tertiary/aromatic N) is 3. The number of aromatic amines is 1. The van der Waals surface area contributed by atoms with E-state index < -0.39 is 9.84 Å². The summed E-state index contributed by atoms with van der Waals surface area (Å²) in [6, 6.07) is -0.258. The minimum Gasteiger partial charge on any atom is -0.328 e. The van der Waals surface area contributed by atoms with Crippen molar-refractivity contribution in [3.05, 3.63) is 21.9 Å². The zero-order chi connectivity index (χ0) is 14.5. The summed E-state index contributed by atoms with van der Waals surface area (Å²) in [5, 5.41) is 5.76. The second-order valence-electron chi connectivity index (χ2n) is 5.04. The molecule has 0 radical (unpaired) electrons. The van der Waals surface area contributed by atoms with Gasteiger partial charge in [0.2, 0.25) is 0 Å². The molecule has 0 fully saturated rings. The van der Waals surface area contributed by atoms with E-state index in [9.17, 15) is 8.42 Å². The first-order valence-electron chi connectivity index (χ1n) is 6.50. The standard InChI is InChI=1S/C12H16N4O2S2/c1-3-4-9-10-11(15(2)14-9)16(12(19)13-10)8-5-6-20(17,18)7-8/h5-6,8H,3-4,7H2,1-2H3,(H,13,19). The Hall–Kier alpha value is -1.41. The predicted molar refractivity (Wildman–Crippen MR) is 79.8 cm³/mol. The molecule has 3 rings (SSSR count). The van der Waals surface area contributed by atoms with E-state index in [0.717, 1.165) is 29.7 Å². The highest BCUT2D eigenvalue weighted by Gasteiger charge is 2.27. The lowest BCUT2D eigenvalue weighted by molar-refractivity contribution is 0.590. The quantitative estimate of drug-likeness (QED) is 0.878. The normalized spacial score (nSPS) is 21.0. The number of nitrogens with one attached hydrogen (secondary N) is 1. The SMILES string of the molecule is CCCc1nn(C)c2c1[nH]c(=S)n2C1C=CS(=O)(=O)C1. The van der Waals surface area contributed by atoms with Crippen molar-refractivity contribution in [3.8, 4) is 0 Å². The number of aryl methyl sites for hydroxylation is 2. The number of imidazole rings is 1. The molecule has 1 aliphatic rings. The number of aromatic nitrogens is 4. The molecule has 0 bridgehead atoms. The van der Waals surface area contributed by atoms with Crippen molar-refractivity contribution in [2.45, 2.75) is 25.8 Å². The zero-order valence-electron chi connectivity index (χ0n) is 11.3. The Morgan fingerprint density at radius 3 is 2.90 bits per heavy atom. The van der Waals surface area contributed by atoms with Gasteiger partial charge in [0.15, 0.2) is 20.3 Å². The van der Waals surface area contributed by atoms with Gasteiger partial charge in [0.1, 0.15) is 5.52 Å². The summed E-state index contributed by atoms with van der Waals surface area (Å²) in [5.74, 6) is 0.0581. The second kappa shape index (κ2) is 4.56. The van der Waals surface area contributed by atoms with Gasteiger partial charge in [-0.25, -0.2) is 8.42 Å². The van der Waals surface area contributed by atoms with Crippen LogP contribution in [0.25, 0.3) is 11.2 Å². The molecule has 1 atom stereocenters. The molecule has 1 unspecified atom stereocenters. The smallest absolute Gasteiger partial charge is 0.179 e. The Kier molecular flexibility index (Phi) is 3.09. The topological polar surface area (TPSA) is 72.7 Å². The molecule has 20 heavy (non-hydrogen) atoms. The maximum absolute atomic E-state index is 11.6. The summed E-state index contributed by atoms with van der Waals surface area (Å²) < 4.78 is 27.4. The fraction of sp³-hybridized carbons (Fsp3) is 0.500. The summed E-state index contributed by atoms with van der Waals surface area (Å²) in [5.41, 5.74) is 2.74. The third-order valence-electron chi connectivity index (χ3n) is 3.50. The Labute approximate surface area is 122 Å². The fourth-order valence-electron chi connectivity index (χ4n) is 2.68. The van der Waals surface area contributed by atoms with E-state index in [1.54, 1.807) is 10.8 Å². The molecule has 6 nitrogen and oxygen atoms in total. The third kappa shape index (κ3) is 2.03. The lowest BCUT2D eigenvalue weighted by atomic mass is 10.2. The molecule has 108 valence electrons. The summed E-state index contributed by atoms with van der Waals surface area (Å²) in [7, 11) is -1.26. The number of allylic oxidation sites excluding steroid dienone is 1. The van der Waals surface area contributed by atoms with Crippen LogP contribution in [0.15, 0.2) is 11.5 Å². The van der Waals surface area contributed by atoms with Crippen molar-refractivity contribution in [2.75, 3.05) is 5.75 Å². The summed E-state index contributed by atoms with van der Waals surface area (Å²) in [4.78, 5) is 3.17. The van der Waals surface area contributed by atoms with E-state index in [1.807, 2.05) is 11.6 Å². The van der Waals surface area contributed by atoms with E-state index in [-0.39, 0.29) is 11.8 Å². The number of fused-ring (bicyclic) bond motifs is 1. The predicted octanol–water partition coefficient (Wildman–Crippen LogP) is 1.87. The van der Waals surface area contributed by atoms with Crippen molar-refractivity contribution >= 4 is 33.2 Å². The summed E-state index contributed by atoms with van der Waals surface area (Å²) in [6.45, 7) is 2.10. The number of hydrogen-bond donors (Lipinski definition) is 1. The van der Waals surface area contributed by atoms with Gasteiger partial charge in [-0.3, -0.25) is 9.25 Å². The molecular weight excluding hydrogens is 296 g/mol. The Bertz CT molecular complexity index is 854. The first-order chi connectivity index (χ1) is 9.43. The molecule has 0 amide bonds. The van der Waals surface area contributed by atoms with Crippen LogP contribution in [0.5, 0.6) is 0 Å². The molecule has 2 aromatic heterocycles. The van der Waals surface area contributed by atoms with E-state index in [1.165, 1.54) is 5.41 Å². The van der Waals surface area contributed by atoms with Crippen LogP contribution in [-0.4, -0.2) is 33.5 Å². The third-order valence-corrected chi connectivity index (χ3v) is 5.17. The number of hydrogen-bond acceptors (Lipinski definition) is 4. The van der Waals surface area contributed by atoms with Gasteiger partial charge in [0, 0.05) is 12.5 Å². The zero-order valence-corrected chi connectivity index (χ0v) is 13.0. The molecule has 1 N–H and O–H groups in total. The van der Waals surface area contributed by atoms with Crippen molar-refractivity contribution in [1.82, 2.24) is 19.3 Å². The van der Waals surface area contributed by atoms with Crippen LogP contribution in [0.2, 0.25) is 0 Å². The van der Waals surface area contributed by atoms with E-state index in [0.29, 0.717) is 4.77 Å². The Morgan fingerprint density at radius 1 is 1.55 bits per heavy atom. The van der Waals surface area contributed by atoms with Crippen molar-refractivity contribution in [2.24, 2.45) is 7.05 Å². The molecule has 0 saturated heterocycles. The molecule has 0 saturated carbocycles. The molecule has 0 aliphatic carbocycles. The highest BCUT2D eigenvalue weighted by Crippen LogP contribution is 2.27. The van der Waals surface area contributed by atoms with Gasteiger partial charge in [-0.1, -0.05) is 13.3 Å². The maximum atomic E-state index is 11.6. The van der Waals surface area contributed by atoms with Gasteiger partial charge in [0.05, 0.1) is 17.5 Å². The van der Waals surface area contributed by atoms with Crippen LogP contribution in [0.3, 0.4) is 0 Å². The molecular formula is C12H16N4O2S2. The maximum Gasteiger partial charge on any atom is 0.179 e. The monoisotopic (exact) mass is 312 g/mol. The largest absolute Gasteiger partial charge is 0.328 e. The van der Waals surface area contributed by atoms with Crippen LogP contribution in [0, 0.1) is 4.77 Å². The minimum absolute atomic E-state index is 0.0581. The van der Waals surface area contributed by atoms with Gasteiger partial charge >= 0.3 is 0 Å². The average Bonchev–Trinajstić information content (AvgIpc) is 2.96. The minimum atomic E-state index is -3.11. The molecule has 2 aromatic rings. The second-order valence-corrected chi connectivity index (χ2v) is 7.36. The Balaban J connectivity index is 2.20. The number of sulfone groups is 1. The van der Waals surface area contributed by atoms with Crippen molar-refractivity contribution in [3.63, 3.8) is 0 Å².